The lowest BCUT2D eigenvalue weighted by atomic mass is 10.1. The number of hydrogen-bond acceptors (Lipinski definition) is 4. The van der Waals surface area contributed by atoms with Crippen LogP contribution in [0.25, 0.3) is 0 Å². The molecule has 110 valence electrons. The molecule has 0 bridgehead atoms. The lowest BCUT2D eigenvalue weighted by Gasteiger charge is -2.27. The first kappa shape index (κ1) is 13.9. The SMILES string of the molecule is Cc1ccc(Nc2nccc(N3CCCCC3)n2)cc1C. The molecule has 2 aromatic rings. The van der Waals surface area contributed by atoms with Crippen molar-refractivity contribution in [3.8, 4) is 0 Å². The Kier molecular flexibility index (Phi) is 4.04. The first-order valence-corrected chi connectivity index (χ1v) is 7.65. The second-order valence-electron chi connectivity index (χ2n) is 5.71. The lowest BCUT2D eigenvalue weighted by Crippen LogP contribution is -2.30. The third kappa shape index (κ3) is 3.32. The van der Waals surface area contributed by atoms with E-state index in [0.717, 1.165) is 24.6 Å². The molecule has 1 aliphatic rings. The van der Waals surface area contributed by atoms with Crippen molar-refractivity contribution in [1.29, 1.82) is 0 Å². The van der Waals surface area contributed by atoms with Crippen LogP contribution >= 0.6 is 0 Å². The van der Waals surface area contributed by atoms with Gasteiger partial charge in [-0.3, -0.25) is 0 Å². The van der Waals surface area contributed by atoms with Crippen LogP contribution in [0.2, 0.25) is 0 Å². The standard InChI is InChI=1S/C17H22N4/c1-13-6-7-15(12-14(13)2)19-17-18-9-8-16(20-17)21-10-4-3-5-11-21/h6-9,12H,3-5,10-11H2,1-2H3,(H,18,19,20). The van der Waals surface area contributed by atoms with E-state index in [1.807, 2.05) is 12.3 Å². The van der Waals surface area contributed by atoms with Crippen molar-refractivity contribution < 1.29 is 0 Å². The van der Waals surface area contributed by atoms with Gasteiger partial charge in [-0.15, -0.1) is 0 Å². The van der Waals surface area contributed by atoms with Crippen molar-refractivity contribution in [1.82, 2.24) is 9.97 Å². The number of rotatable bonds is 3. The van der Waals surface area contributed by atoms with Crippen LogP contribution in [-0.4, -0.2) is 23.1 Å². The highest BCUT2D eigenvalue weighted by Gasteiger charge is 2.12. The first-order valence-electron chi connectivity index (χ1n) is 7.65. The Morgan fingerprint density at radius 3 is 2.57 bits per heavy atom. The van der Waals surface area contributed by atoms with Gasteiger partial charge in [-0.2, -0.15) is 4.98 Å². The Morgan fingerprint density at radius 1 is 1.00 bits per heavy atom. The molecule has 0 saturated carbocycles. The van der Waals surface area contributed by atoms with Crippen LogP contribution in [0.1, 0.15) is 30.4 Å². The summed E-state index contributed by atoms with van der Waals surface area (Å²) in [7, 11) is 0. The number of aryl methyl sites for hydroxylation is 2. The van der Waals surface area contributed by atoms with Gasteiger partial charge in [0.2, 0.25) is 5.95 Å². The number of aromatic nitrogens is 2. The monoisotopic (exact) mass is 282 g/mol. The molecule has 1 fully saturated rings. The smallest absolute Gasteiger partial charge is 0.229 e. The van der Waals surface area contributed by atoms with Crippen molar-refractivity contribution >= 4 is 17.5 Å². The molecule has 0 atom stereocenters. The summed E-state index contributed by atoms with van der Waals surface area (Å²) < 4.78 is 0. The van der Waals surface area contributed by atoms with Crippen molar-refractivity contribution in [3.63, 3.8) is 0 Å². The van der Waals surface area contributed by atoms with Crippen LogP contribution in [0, 0.1) is 13.8 Å². The maximum Gasteiger partial charge on any atom is 0.229 e. The van der Waals surface area contributed by atoms with Gasteiger partial charge in [0.1, 0.15) is 5.82 Å². The molecule has 0 radical (unpaired) electrons. The second kappa shape index (κ2) is 6.12. The number of benzene rings is 1. The summed E-state index contributed by atoms with van der Waals surface area (Å²) >= 11 is 0. The van der Waals surface area contributed by atoms with Gasteiger partial charge in [0.05, 0.1) is 0 Å². The summed E-state index contributed by atoms with van der Waals surface area (Å²) in [5, 5.41) is 3.30. The summed E-state index contributed by atoms with van der Waals surface area (Å²) in [6, 6.07) is 8.31. The summed E-state index contributed by atoms with van der Waals surface area (Å²) in [6.07, 6.45) is 5.67. The van der Waals surface area contributed by atoms with E-state index in [-0.39, 0.29) is 0 Å². The van der Waals surface area contributed by atoms with Crippen LogP contribution in [0.15, 0.2) is 30.5 Å². The fourth-order valence-electron chi connectivity index (χ4n) is 2.66. The molecular weight excluding hydrogens is 260 g/mol. The minimum atomic E-state index is 0.668. The van der Waals surface area contributed by atoms with E-state index in [4.69, 9.17) is 0 Å². The molecular formula is C17H22N4. The van der Waals surface area contributed by atoms with Gasteiger partial charge in [0.25, 0.3) is 0 Å². The molecule has 0 aliphatic carbocycles. The summed E-state index contributed by atoms with van der Waals surface area (Å²) in [5.74, 6) is 1.69. The Morgan fingerprint density at radius 2 is 1.81 bits per heavy atom. The van der Waals surface area contributed by atoms with E-state index in [1.54, 1.807) is 0 Å². The Bertz CT molecular complexity index is 618. The highest BCUT2D eigenvalue weighted by molar-refractivity contribution is 5.57. The number of hydrogen-bond donors (Lipinski definition) is 1. The van der Waals surface area contributed by atoms with E-state index >= 15 is 0 Å². The van der Waals surface area contributed by atoms with Gasteiger partial charge in [0, 0.05) is 25.0 Å². The minimum absolute atomic E-state index is 0.668. The Hall–Kier alpha value is -2.10. The highest BCUT2D eigenvalue weighted by Crippen LogP contribution is 2.21. The van der Waals surface area contributed by atoms with Gasteiger partial charge in [-0.05, 0) is 62.4 Å². The fraction of sp³-hybridized carbons (Fsp3) is 0.412. The molecule has 21 heavy (non-hydrogen) atoms. The molecule has 1 N–H and O–H groups in total. The number of nitrogens with zero attached hydrogens (tertiary/aromatic N) is 3. The minimum Gasteiger partial charge on any atom is -0.356 e. The molecule has 1 aliphatic heterocycles. The molecule has 2 heterocycles. The van der Waals surface area contributed by atoms with Crippen LogP contribution in [0.4, 0.5) is 17.5 Å². The number of piperidine rings is 1. The molecule has 0 unspecified atom stereocenters. The summed E-state index contributed by atoms with van der Waals surface area (Å²) in [5.41, 5.74) is 3.60. The molecule has 4 heteroatoms. The summed E-state index contributed by atoms with van der Waals surface area (Å²) in [6.45, 7) is 6.43. The predicted octanol–water partition coefficient (Wildman–Crippen LogP) is 3.83. The molecule has 3 rings (SSSR count). The average molecular weight is 282 g/mol. The Labute approximate surface area is 126 Å². The van der Waals surface area contributed by atoms with E-state index in [2.05, 4.69) is 52.2 Å². The van der Waals surface area contributed by atoms with Gasteiger partial charge in [0.15, 0.2) is 0 Å². The maximum atomic E-state index is 4.65. The topological polar surface area (TPSA) is 41.1 Å². The largest absolute Gasteiger partial charge is 0.356 e. The zero-order chi connectivity index (χ0) is 14.7. The van der Waals surface area contributed by atoms with Crippen LogP contribution < -0.4 is 10.2 Å². The lowest BCUT2D eigenvalue weighted by molar-refractivity contribution is 0.573. The van der Waals surface area contributed by atoms with Crippen molar-refractivity contribution in [3.05, 3.63) is 41.6 Å². The molecule has 0 spiro atoms. The third-order valence-corrected chi connectivity index (χ3v) is 4.08. The molecule has 1 saturated heterocycles. The number of anilines is 3. The Balaban J connectivity index is 1.77. The van der Waals surface area contributed by atoms with Crippen molar-refractivity contribution in [2.24, 2.45) is 0 Å². The third-order valence-electron chi connectivity index (χ3n) is 4.08. The predicted molar refractivity (Wildman–Crippen MR) is 87.3 cm³/mol. The van der Waals surface area contributed by atoms with Crippen LogP contribution in [0.3, 0.4) is 0 Å². The van der Waals surface area contributed by atoms with Crippen LogP contribution in [0.5, 0.6) is 0 Å². The maximum absolute atomic E-state index is 4.65. The molecule has 1 aromatic heterocycles. The van der Waals surface area contributed by atoms with Gasteiger partial charge in [-0.1, -0.05) is 6.07 Å². The van der Waals surface area contributed by atoms with Crippen molar-refractivity contribution in [2.45, 2.75) is 33.1 Å². The van der Waals surface area contributed by atoms with E-state index in [9.17, 15) is 0 Å². The first-order chi connectivity index (χ1) is 10.2. The zero-order valence-corrected chi connectivity index (χ0v) is 12.8. The zero-order valence-electron chi connectivity index (χ0n) is 12.8. The molecule has 0 amide bonds. The molecule has 4 nitrogen and oxygen atoms in total. The van der Waals surface area contributed by atoms with E-state index < -0.39 is 0 Å². The normalized spacial score (nSPS) is 15.0. The quantitative estimate of drug-likeness (QED) is 0.929. The van der Waals surface area contributed by atoms with Crippen molar-refractivity contribution in [2.75, 3.05) is 23.3 Å². The van der Waals surface area contributed by atoms with Gasteiger partial charge in [-0.25, -0.2) is 4.98 Å². The summed E-state index contributed by atoms with van der Waals surface area (Å²) in [4.78, 5) is 11.3. The second-order valence-corrected chi connectivity index (χ2v) is 5.71. The van der Waals surface area contributed by atoms with Crippen LogP contribution in [-0.2, 0) is 0 Å². The highest BCUT2D eigenvalue weighted by atomic mass is 15.2. The van der Waals surface area contributed by atoms with E-state index in [0.29, 0.717) is 5.95 Å². The fourth-order valence-corrected chi connectivity index (χ4v) is 2.66. The van der Waals surface area contributed by atoms with Gasteiger partial charge < -0.3 is 10.2 Å². The molecule has 1 aromatic carbocycles. The number of nitrogens with one attached hydrogen (secondary N) is 1. The average Bonchev–Trinajstić information content (AvgIpc) is 2.52. The van der Waals surface area contributed by atoms with Gasteiger partial charge >= 0.3 is 0 Å². The van der Waals surface area contributed by atoms with E-state index in [1.165, 1.54) is 30.4 Å².